The molecule has 0 bridgehead atoms. The van der Waals surface area contributed by atoms with Gasteiger partial charge in [0.2, 0.25) is 0 Å². The van der Waals surface area contributed by atoms with Crippen LogP contribution < -0.4 is 10.6 Å². The molecule has 2 aromatic heterocycles. The Bertz CT molecular complexity index is 1180. The molecule has 3 heterocycles. The van der Waals surface area contributed by atoms with Crippen molar-refractivity contribution in [1.82, 2.24) is 19.9 Å². The molecule has 0 aliphatic carbocycles. The molecule has 0 radical (unpaired) electrons. The minimum Gasteiger partial charge on any atom is -0.379 e. The molecule has 2 aromatic carbocycles. The molecule has 9 heteroatoms. The van der Waals surface area contributed by atoms with Crippen molar-refractivity contribution in [2.45, 2.75) is 6.54 Å². The third kappa shape index (κ3) is 4.94. The van der Waals surface area contributed by atoms with E-state index in [2.05, 4.69) is 54.8 Å². The van der Waals surface area contributed by atoms with Crippen molar-refractivity contribution in [2.24, 2.45) is 0 Å². The van der Waals surface area contributed by atoms with Gasteiger partial charge in [-0.15, -0.1) is 0 Å². The molecular weight excluding hydrogens is 432 g/mol. The van der Waals surface area contributed by atoms with E-state index in [-0.39, 0.29) is 0 Å². The monoisotopic (exact) mass is 452 g/mol. The summed E-state index contributed by atoms with van der Waals surface area (Å²) < 4.78 is 6.30. The summed E-state index contributed by atoms with van der Waals surface area (Å²) in [4.78, 5) is 15.7. The van der Waals surface area contributed by atoms with Crippen molar-refractivity contribution in [3.05, 3.63) is 65.4 Å². The van der Waals surface area contributed by atoms with Gasteiger partial charge in [-0.2, -0.15) is 4.98 Å². The first-order valence-corrected chi connectivity index (χ1v) is 11.2. The van der Waals surface area contributed by atoms with Gasteiger partial charge in [0, 0.05) is 36.0 Å². The van der Waals surface area contributed by atoms with E-state index >= 15 is 0 Å². The Labute approximate surface area is 189 Å². The molecule has 31 heavy (non-hydrogen) atoms. The third-order valence-electron chi connectivity index (χ3n) is 4.99. The Morgan fingerprint density at radius 1 is 1.00 bits per heavy atom. The van der Waals surface area contributed by atoms with Gasteiger partial charge >= 0.3 is 0 Å². The molecular formula is C22H21ClN6OS. The zero-order chi connectivity index (χ0) is 21.0. The molecule has 5 rings (SSSR count). The summed E-state index contributed by atoms with van der Waals surface area (Å²) in [5, 5.41) is 8.12. The number of benzene rings is 2. The topological polar surface area (TPSA) is 75.2 Å². The van der Waals surface area contributed by atoms with Crippen LogP contribution in [0.2, 0.25) is 5.02 Å². The molecule has 0 saturated carbocycles. The van der Waals surface area contributed by atoms with Crippen LogP contribution in [-0.4, -0.2) is 46.2 Å². The van der Waals surface area contributed by atoms with Crippen molar-refractivity contribution in [3.8, 4) is 0 Å². The SMILES string of the molecule is Clc1cccc(Nc2ncnc3nc(Nc4ccc(CN5CCOCC5)cc4)sc23)c1. The van der Waals surface area contributed by atoms with Gasteiger partial charge in [-0.1, -0.05) is 41.1 Å². The lowest BCUT2D eigenvalue weighted by Crippen LogP contribution is -2.35. The normalized spacial score (nSPS) is 14.6. The third-order valence-corrected chi connectivity index (χ3v) is 6.20. The van der Waals surface area contributed by atoms with Gasteiger partial charge in [-0.25, -0.2) is 9.97 Å². The average Bonchev–Trinajstić information content (AvgIpc) is 3.19. The summed E-state index contributed by atoms with van der Waals surface area (Å²) in [5.74, 6) is 0.707. The maximum Gasteiger partial charge on any atom is 0.189 e. The number of thiazole rings is 1. The number of fused-ring (bicyclic) bond motifs is 1. The maximum atomic E-state index is 6.09. The van der Waals surface area contributed by atoms with Crippen LogP contribution in [0.4, 0.5) is 22.3 Å². The van der Waals surface area contributed by atoms with Crippen LogP contribution in [0, 0.1) is 0 Å². The summed E-state index contributed by atoms with van der Waals surface area (Å²) in [6.45, 7) is 4.54. The molecule has 0 unspecified atom stereocenters. The Kier molecular flexibility index (Phi) is 5.95. The van der Waals surface area contributed by atoms with Crippen molar-refractivity contribution in [2.75, 3.05) is 36.9 Å². The predicted octanol–water partition coefficient (Wildman–Crippen LogP) is 5.06. The molecule has 158 valence electrons. The molecule has 0 spiro atoms. The zero-order valence-electron chi connectivity index (χ0n) is 16.7. The predicted molar refractivity (Wildman–Crippen MR) is 126 cm³/mol. The van der Waals surface area contributed by atoms with E-state index in [1.165, 1.54) is 23.2 Å². The number of anilines is 4. The van der Waals surface area contributed by atoms with E-state index in [9.17, 15) is 0 Å². The van der Waals surface area contributed by atoms with Gasteiger partial charge in [0.1, 0.15) is 11.0 Å². The second-order valence-electron chi connectivity index (χ2n) is 7.24. The fourth-order valence-corrected chi connectivity index (χ4v) is 4.51. The Morgan fingerprint density at radius 2 is 1.84 bits per heavy atom. The lowest BCUT2D eigenvalue weighted by Gasteiger charge is -2.26. The molecule has 2 N–H and O–H groups in total. The Balaban J connectivity index is 1.30. The van der Waals surface area contributed by atoms with Gasteiger partial charge < -0.3 is 15.4 Å². The molecule has 7 nitrogen and oxygen atoms in total. The second-order valence-corrected chi connectivity index (χ2v) is 8.68. The lowest BCUT2D eigenvalue weighted by molar-refractivity contribution is 0.0342. The van der Waals surface area contributed by atoms with Gasteiger partial charge in [0.05, 0.1) is 13.2 Å². The second kappa shape index (κ2) is 9.15. The van der Waals surface area contributed by atoms with Gasteiger partial charge in [-0.05, 0) is 35.9 Å². The molecule has 1 fully saturated rings. The van der Waals surface area contributed by atoms with E-state index < -0.39 is 0 Å². The van der Waals surface area contributed by atoms with E-state index in [1.54, 1.807) is 0 Å². The molecule has 1 saturated heterocycles. The van der Waals surface area contributed by atoms with E-state index in [0.29, 0.717) is 16.5 Å². The molecule has 0 atom stereocenters. The van der Waals surface area contributed by atoms with Crippen molar-refractivity contribution in [3.63, 3.8) is 0 Å². The average molecular weight is 453 g/mol. The number of rotatable bonds is 6. The molecule has 1 aliphatic heterocycles. The smallest absolute Gasteiger partial charge is 0.189 e. The van der Waals surface area contributed by atoms with Gasteiger partial charge in [0.15, 0.2) is 16.6 Å². The highest BCUT2D eigenvalue weighted by molar-refractivity contribution is 7.22. The maximum absolute atomic E-state index is 6.09. The Hall–Kier alpha value is -2.78. The number of aromatic nitrogens is 3. The van der Waals surface area contributed by atoms with Crippen LogP contribution in [0.5, 0.6) is 0 Å². The summed E-state index contributed by atoms with van der Waals surface area (Å²) in [6, 6.07) is 16.0. The first-order valence-electron chi connectivity index (χ1n) is 10.0. The van der Waals surface area contributed by atoms with E-state index in [0.717, 1.165) is 54.1 Å². The number of nitrogens with zero attached hydrogens (tertiary/aromatic N) is 4. The summed E-state index contributed by atoms with van der Waals surface area (Å²) in [6.07, 6.45) is 1.51. The van der Waals surface area contributed by atoms with E-state index in [1.807, 2.05) is 24.3 Å². The van der Waals surface area contributed by atoms with Gasteiger partial charge in [-0.3, -0.25) is 4.90 Å². The summed E-state index contributed by atoms with van der Waals surface area (Å²) in [5.41, 5.74) is 3.79. The highest BCUT2D eigenvalue weighted by Crippen LogP contribution is 2.33. The summed E-state index contributed by atoms with van der Waals surface area (Å²) >= 11 is 7.60. The molecule has 4 aromatic rings. The van der Waals surface area contributed by atoms with Gasteiger partial charge in [0.25, 0.3) is 0 Å². The van der Waals surface area contributed by atoms with Crippen LogP contribution in [0.1, 0.15) is 5.56 Å². The molecule has 0 amide bonds. The minimum atomic E-state index is 0.649. The molecule has 1 aliphatic rings. The van der Waals surface area contributed by atoms with Crippen molar-refractivity contribution in [1.29, 1.82) is 0 Å². The quantitative estimate of drug-likeness (QED) is 0.423. The van der Waals surface area contributed by atoms with Crippen LogP contribution in [0.3, 0.4) is 0 Å². The number of halogens is 1. The van der Waals surface area contributed by atoms with Crippen LogP contribution in [0.25, 0.3) is 10.3 Å². The highest BCUT2D eigenvalue weighted by Gasteiger charge is 2.13. The first-order chi connectivity index (χ1) is 15.2. The first kappa shape index (κ1) is 20.1. The zero-order valence-corrected chi connectivity index (χ0v) is 18.3. The van der Waals surface area contributed by atoms with E-state index in [4.69, 9.17) is 16.3 Å². The van der Waals surface area contributed by atoms with Crippen LogP contribution in [0.15, 0.2) is 54.9 Å². The number of hydrogen-bond donors (Lipinski definition) is 2. The number of hydrogen-bond acceptors (Lipinski definition) is 8. The lowest BCUT2D eigenvalue weighted by atomic mass is 10.2. The number of morpholine rings is 1. The number of ether oxygens (including phenoxy) is 1. The van der Waals surface area contributed by atoms with Crippen LogP contribution >= 0.6 is 22.9 Å². The highest BCUT2D eigenvalue weighted by atomic mass is 35.5. The Morgan fingerprint density at radius 3 is 2.65 bits per heavy atom. The fourth-order valence-electron chi connectivity index (χ4n) is 3.43. The standard InChI is InChI=1S/C22H21ClN6OS/c23-16-2-1-3-18(12-16)26-20-19-21(25-14-24-20)28-22(31-19)27-17-6-4-15(5-7-17)13-29-8-10-30-11-9-29/h1-7,12,14H,8-11,13H2,(H2,24,25,26,27,28). The summed E-state index contributed by atoms with van der Waals surface area (Å²) in [7, 11) is 0. The van der Waals surface area contributed by atoms with Crippen LogP contribution in [-0.2, 0) is 11.3 Å². The fraction of sp³-hybridized carbons (Fsp3) is 0.227. The number of nitrogens with one attached hydrogen (secondary N) is 2. The largest absolute Gasteiger partial charge is 0.379 e. The van der Waals surface area contributed by atoms with Crippen molar-refractivity contribution >= 4 is 55.6 Å². The minimum absolute atomic E-state index is 0.649. The van der Waals surface area contributed by atoms with Crippen molar-refractivity contribution < 1.29 is 4.74 Å².